The van der Waals surface area contributed by atoms with Crippen LogP contribution < -0.4 is 49.1 Å². The van der Waals surface area contributed by atoms with Gasteiger partial charge in [-0.15, -0.1) is 0 Å². The van der Waals surface area contributed by atoms with Gasteiger partial charge in [0.2, 0.25) is 35.4 Å². The van der Waals surface area contributed by atoms with Gasteiger partial charge in [0.25, 0.3) is 5.91 Å². The molecule has 7 atom stereocenters. The highest BCUT2D eigenvalue weighted by Gasteiger charge is 2.44. The number of fused-ring (bicyclic) bond motifs is 4. The quantitative estimate of drug-likeness (QED) is 0.0268. The summed E-state index contributed by atoms with van der Waals surface area (Å²) < 4.78 is 0. The highest BCUT2D eigenvalue weighted by molar-refractivity contribution is 8.76. The minimum absolute atomic E-state index is 0.00774. The zero-order valence-corrected chi connectivity index (χ0v) is 39.6. The second-order valence-corrected chi connectivity index (χ2v) is 19.4. The van der Waals surface area contributed by atoms with E-state index in [0.717, 1.165) is 48.2 Å². The van der Waals surface area contributed by atoms with Gasteiger partial charge < -0.3 is 59.1 Å². The Morgan fingerprint density at radius 3 is 2.09 bits per heavy atom. The molecule has 2 aromatic heterocycles. The Bertz CT molecular complexity index is 2780. The minimum atomic E-state index is -1.39. The van der Waals surface area contributed by atoms with E-state index in [4.69, 9.17) is 17.2 Å². The van der Waals surface area contributed by atoms with Gasteiger partial charge in [-0.2, -0.15) is 0 Å². The fraction of sp³-hybridized carbons (Fsp3) is 0.348. The summed E-state index contributed by atoms with van der Waals surface area (Å²) in [5, 5.41) is 18.8. The normalized spacial score (nSPS) is 23.4. The van der Waals surface area contributed by atoms with Crippen LogP contribution >= 0.6 is 21.6 Å². The lowest BCUT2D eigenvalue weighted by atomic mass is 9.99. The Hall–Kier alpha value is -7.60. The van der Waals surface area contributed by atoms with E-state index in [0.29, 0.717) is 16.8 Å². The lowest BCUT2D eigenvalue weighted by Crippen LogP contribution is -2.60. The minimum Gasteiger partial charge on any atom is -0.370 e. The summed E-state index contributed by atoms with van der Waals surface area (Å²) in [5.74, 6) is -5.83. The molecule has 7 rings (SSSR count). The Morgan fingerprint density at radius 2 is 1.36 bits per heavy atom. The van der Waals surface area contributed by atoms with Crippen molar-refractivity contribution in [1.82, 2.24) is 51.8 Å². The summed E-state index contributed by atoms with van der Waals surface area (Å²) in [6.45, 7) is 1.41. The maximum Gasteiger partial charge on any atom is 0.325 e. The zero-order chi connectivity index (χ0) is 49.9. The van der Waals surface area contributed by atoms with E-state index in [1.54, 1.807) is 12.3 Å². The first-order valence-corrected chi connectivity index (χ1v) is 24.9. The average Bonchev–Trinajstić information content (AvgIpc) is 4.08. The molecule has 0 unspecified atom stereocenters. The number of carbonyl (C=O) groups is 8. The molecule has 4 heterocycles. The molecule has 2 bridgehead atoms. The van der Waals surface area contributed by atoms with Crippen molar-refractivity contribution in [1.29, 1.82) is 0 Å². The van der Waals surface area contributed by atoms with Crippen LogP contribution in [0.15, 0.2) is 90.4 Å². The fourth-order valence-corrected chi connectivity index (χ4v) is 10.4. The molecule has 3 aromatic carbocycles. The number of aromatic amines is 2. The van der Waals surface area contributed by atoms with Gasteiger partial charge in [0.05, 0.1) is 6.33 Å². The number of guanidine groups is 1. The first-order valence-electron chi connectivity index (χ1n) is 22.4. The predicted molar refractivity (Wildman–Crippen MR) is 264 cm³/mol. The molecule has 0 saturated carbocycles. The van der Waals surface area contributed by atoms with E-state index in [1.807, 2.05) is 60.7 Å². The van der Waals surface area contributed by atoms with Crippen LogP contribution in [-0.2, 0) is 52.8 Å². The molecule has 14 N–H and O–H groups in total. The first-order chi connectivity index (χ1) is 33.6. The van der Waals surface area contributed by atoms with Crippen LogP contribution in [-0.4, -0.2) is 134 Å². The topological polar surface area (TPSA) is 347 Å². The number of nitrogens with one attached hydrogen (secondary N) is 8. The molecule has 0 radical (unpaired) electrons. The maximum atomic E-state index is 14.8. The molecular formula is C46H54N14O8S2. The van der Waals surface area contributed by atoms with Gasteiger partial charge >= 0.3 is 6.03 Å². The Balaban J connectivity index is 1.26. The number of aliphatic imine (C=N–C) groups is 1. The van der Waals surface area contributed by atoms with E-state index in [-0.39, 0.29) is 56.1 Å². The highest BCUT2D eigenvalue weighted by Crippen LogP contribution is 2.26. The molecule has 0 aliphatic carbocycles. The number of nitrogens with zero attached hydrogens (tertiary/aromatic N) is 3. The Morgan fingerprint density at radius 1 is 0.714 bits per heavy atom. The number of imidazole rings is 1. The Labute approximate surface area is 409 Å². The van der Waals surface area contributed by atoms with Crippen LogP contribution in [0.4, 0.5) is 4.79 Å². The van der Waals surface area contributed by atoms with Gasteiger partial charge in [-0.3, -0.25) is 43.5 Å². The molecule has 5 aromatic rings. The van der Waals surface area contributed by atoms with Crippen molar-refractivity contribution >= 4 is 96.6 Å². The number of rotatable bonds is 11. The molecule has 9 amide bonds. The largest absolute Gasteiger partial charge is 0.370 e. The summed E-state index contributed by atoms with van der Waals surface area (Å²) in [6.07, 6.45) is 4.39. The van der Waals surface area contributed by atoms with Gasteiger partial charge in [0.15, 0.2) is 5.96 Å². The van der Waals surface area contributed by atoms with Crippen molar-refractivity contribution in [3.8, 4) is 0 Å². The second-order valence-electron chi connectivity index (χ2n) is 16.8. The lowest BCUT2D eigenvalue weighted by Gasteiger charge is -2.28. The Kier molecular flexibility index (Phi) is 16.6. The second kappa shape index (κ2) is 23.1. The van der Waals surface area contributed by atoms with Crippen LogP contribution in [0.2, 0.25) is 0 Å². The van der Waals surface area contributed by atoms with Crippen LogP contribution in [0.3, 0.4) is 0 Å². The van der Waals surface area contributed by atoms with E-state index < -0.39 is 89.7 Å². The number of urea groups is 1. The molecule has 22 nitrogen and oxygen atoms in total. The summed E-state index contributed by atoms with van der Waals surface area (Å²) >= 11 is 0. The smallest absolute Gasteiger partial charge is 0.325 e. The predicted octanol–water partition coefficient (Wildman–Crippen LogP) is -0.261. The SMILES string of the molecule is C[C@@H]1C(=O)N[C@H](Cc2cnc[nH]2)C(=O)N[C@H](Cc2ccc3ccccc3c2)C(=O)N[C@H](CCCN=C(N)N)C(=O)N[C@@H](Cc2c[nH]c3ccccc23)C(=O)N[C@@H](C(N)=O)CSSC[C@@H]2NC(=O)N1C2=O. The van der Waals surface area contributed by atoms with Crippen molar-refractivity contribution in [3.63, 3.8) is 0 Å². The van der Waals surface area contributed by atoms with Crippen molar-refractivity contribution in [3.05, 3.63) is 102 Å². The fourth-order valence-electron chi connectivity index (χ4n) is 8.09. The zero-order valence-electron chi connectivity index (χ0n) is 37.9. The average molecular weight is 995 g/mol. The van der Waals surface area contributed by atoms with E-state index in [9.17, 15) is 38.4 Å². The van der Waals surface area contributed by atoms with E-state index in [1.165, 1.54) is 19.4 Å². The molecule has 70 heavy (non-hydrogen) atoms. The van der Waals surface area contributed by atoms with Crippen LogP contribution in [0, 0.1) is 0 Å². The van der Waals surface area contributed by atoms with E-state index in [2.05, 4.69) is 51.8 Å². The number of amides is 9. The first kappa shape index (κ1) is 50.3. The number of primary amides is 1. The molecule has 24 heteroatoms. The van der Waals surface area contributed by atoms with Crippen molar-refractivity contribution < 1.29 is 38.4 Å². The van der Waals surface area contributed by atoms with Gasteiger partial charge in [-0.05, 0) is 47.7 Å². The number of aromatic nitrogens is 3. The van der Waals surface area contributed by atoms with Crippen molar-refractivity contribution in [2.45, 2.75) is 81.3 Å². The number of benzene rings is 3. The number of nitrogens with two attached hydrogens (primary N) is 3. The monoisotopic (exact) mass is 994 g/mol. The van der Waals surface area contributed by atoms with Crippen LogP contribution in [0.25, 0.3) is 21.7 Å². The van der Waals surface area contributed by atoms with Crippen molar-refractivity contribution in [2.24, 2.45) is 22.2 Å². The third kappa shape index (κ3) is 12.7. The number of hydrogen-bond acceptors (Lipinski definition) is 12. The maximum absolute atomic E-state index is 14.8. The van der Waals surface area contributed by atoms with Crippen LogP contribution in [0.5, 0.6) is 0 Å². The standard InChI is InChI=1S/C46H54N14O8S2/c1-24-39(62)55-35(18-29-20-50-23-53-29)43(66)56-33(16-25-12-13-26-7-2-3-8-27(26)15-25)41(64)54-32(11-6-14-51-45(48)49)40(63)57-34(17-28-19-52-31-10-5-4-9-30(28)31)42(65)58-36(38(47)61)21-69-70-22-37-44(67)60(24)46(68)59-37/h2-5,7-10,12-13,15,19-20,23-24,32-37,52H,6,11,14,16-18,21-22H2,1H3,(H2,47,61)(H,50,53)(H,54,64)(H,55,62)(H,56,66)(H,57,63)(H,58,65)(H,59,68)(H4,48,49,51)/t24-,32-,33-,34+,35-,36-,37+/m1/s1. The molecular weight excluding hydrogens is 941 g/mol. The molecule has 2 saturated heterocycles. The van der Waals surface area contributed by atoms with Crippen molar-refractivity contribution in [2.75, 3.05) is 18.1 Å². The summed E-state index contributed by atoms with van der Waals surface area (Å²) in [4.78, 5) is 127. The number of hydrogen-bond donors (Lipinski definition) is 11. The van der Waals surface area contributed by atoms with Gasteiger partial charge in [0.1, 0.15) is 42.3 Å². The van der Waals surface area contributed by atoms with Gasteiger partial charge in [-0.25, -0.2) is 9.78 Å². The summed E-state index contributed by atoms with van der Waals surface area (Å²) in [7, 11) is 2.21. The molecule has 2 aliphatic rings. The highest BCUT2D eigenvalue weighted by atomic mass is 33.1. The van der Waals surface area contributed by atoms with Gasteiger partial charge in [-0.1, -0.05) is 82.3 Å². The number of carbonyl (C=O) groups excluding carboxylic acids is 8. The van der Waals surface area contributed by atoms with E-state index >= 15 is 0 Å². The third-order valence-corrected chi connectivity index (χ3v) is 14.3. The number of H-pyrrole nitrogens is 2. The molecule has 0 spiro atoms. The molecule has 2 fully saturated rings. The molecule has 2 aliphatic heterocycles. The number of para-hydroxylation sites is 1. The lowest BCUT2D eigenvalue weighted by molar-refractivity contribution is -0.137. The van der Waals surface area contributed by atoms with Gasteiger partial charge in [0, 0.05) is 66.3 Å². The molecule has 368 valence electrons. The summed E-state index contributed by atoms with van der Waals surface area (Å²) in [6, 6.07) is 10.4. The van der Waals surface area contributed by atoms with Crippen LogP contribution in [0.1, 0.15) is 36.6 Å². The summed E-state index contributed by atoms with van der Waals surface area (Å²) in [5.41, 5.74) is 19.5. The third-order valence-electron chi connectivity index (χ3n) is 11.8. The number of imide groups is 1.